The van der Waals surface area contributed by atoms with E-state index in [0.29, 0.717) is 5.92 Å². The zero-order chi connectivity index (χ0) is 16.4. The molecule has 1 amide bonds. The smallest absolute Gasteiger partial charge is 0.216 e. The van der Waals surface area contributed by atoms with Gasteiger partial charge in [-0.1, -0.05) is 18.2 Å². The zero-order valence-electron chi connectivity index (χ0n) is 14.2. The molecule has 0 radical (unpaired) electrons. The topological polar surface area (TPSA) is 45.2 Å². The number of para-hydroxylation sites is 1. The van der Waals surface area contributed by atoms with Crippen LogP contribution in [0, 0.1) is 19.8 Å². The van der Waals surface area contributed by atoms with Crippen molar-refractivity contribution in [2.45, 2.75) is 33.6 Å². The first kappa shape index (κ1) is 15.8. The van der Waals surface area contributed by atoms with Gasteiger partial charge < -0.3 is 10.2 Å². The number of fused-ring (bicyclic) bond motifs is 1. The minimum absolute atomic E-state index is 0.0588. The third-order valence-electron chi connectivity index (χ3n) is 4.82. The van der Waals surface area contributed by atoms with Crippen LogP contribution < -0.4 is 10.2 Å². The summed E-state index contributed by atoms with van der Waals surface area (Å²) in [6, 6.07) is 8.39. The number of amides is 1. The van der Waals surface area contributed by atoms with Crippen LogP contribution in [-0.4, -0.2) is 30.5 Å². The average molecular weight is 311 g/mol. The largest absolute Gasteiger partial charge is 0.370 e. The summed E-state index contributed by atoms with van der Waals surface area (Å²) in [7, 11) is 0. The van der Waals surface area contributed by atoms with Crippen molar-refractivity contribution in [3.8, 4) is 0 Å². The second-order valence-corrected chi connectivity index (χ2v) is 6.58. The van der Waals surface area contributed by atoms with Gasteiger partial charge in [-0.15, -0.1) is 0 Å². The number of anilines is 1. The van der Waals surface area contributed by atoms with Gasteiger partial charge in [0, 0.05) is 37.6 Å². The van der Waals surface area contributed by atoms with Crippen molar-refractivity contribution in [3.05, 3.63) is 35.5 Å². The minimum atomic E-state index is 0.0588. The second kappa shape index (κ2) is 6.57. The Morgan fingerprint density at radius 2 is 2.13 bits per heavy atom. The summed E-state index contributed by atoms with van der Waals surface area (Å²) in [5.74, 6) is 0.572. The first-order chi connectivity index (χ1) is 11.1. The van der Waals surface area contributed by atoms with Crippen molar-refractivity contribution in [1.29, 1.82) is 0 Å². The van der Waals surface area contributed by atoms with Crippen molar-refractivity contribution in [2.24, 2.45) is 5.92 Å². The van der Waals surface area contributed by atoms with E-state index in [1.807, 2.05) is 6.07 Å². The molecule has 3 rings (SSSR count). The van der Waals surface area contributed by atoms with Gasteiger partial charge in [-0.25, -0.2) is 0 Å². The molecule has 122 valence electrons. The lowest BCUT2D eigenvalue weighted by Crippen LogP contribution is -2.41. The highest BCUT2D eigenvalue weighted by Gasteiger charge is 2.23. The maximum absolute atomic E-state index is 11.2. The molecule has 1 fully saturated rings. The predicted molar refractivity (Wildman–Crippen MR) is 94.8 cm³/mol. The van der Waals surface area contributed by atoms with E-state index in [1.165, 1.54) is 29.5 Å². The summed E-state index contributed by atoms with van der Waals surface area (Å²) in [5, 5.41) is 4.20. The highest BCUT2D eigenvalue weighted by atomic mass is 16.1. The van der Waals surface area contributed by atoms with Gasteiger partial charge in [-0.3, -0.25) is 9.78 Å². The minimum Gasteiger partial charge on any atom is -0.370 e. The first-order valence-electron chi connectivity index (χ1n) is 8.41. The van der Waals surface area contributed by atoms with E-state index in [4.69, 9.17) is 4.98 Å². The number of nitrogens with zero attached hydrogens (tertiary/aromatic N) is 2. The van der Waals surface area contributed by atoms with Gasteiger partial charge in [0.15, 0.2) is 0 Å². The number of carbonyl (C=O) groups excluding carboxylic acids is 1. The van der Waals surface area contributed by atoms with E-state index in [0.717, 1.165) is 30.8 Å². The van der Waals surface area contributed by atoms with E-state index in [2.05, 4.69) is 42.3 Å². The molecular weight excluding hydrogens is 286 g/mol. The molecule has 1 aromatic carbocycles. The van der Waals surface area contributed by atoms with Gasteiger partial charge in [-0.2, -0.15) is 0 Å². The van der Waals surface area contributed by atoms with Crippen molar-refractivity contribution in [2.75, 3.05) is 24.5 Å². The molecule has 1 aliphatic rings. The third kappa shape index (κ3) is 3.31. The lowest BCUT2D eigenvalue weighted by Gasteiger charge is -2.36. The maximum atomic E-state index is 11.2. The van der Waals surface area contributed by atoms with Gasteiger partial charge in [0.05, 0.1) is 11.2 Å². The van der Waals surface area contributed by atoms with Crippen LogP contribution in [0.2, 0.25) is 0 Å². The van der Waals surface area contributed by atoms with Crippen LogP contribution in [0.25, 0.3) is 10.9 Å². The number of piperidine rings is 1. The number of aryl methyl sites for hydroxylation is 1. The molecule has 4 heteroatoms. The molecule has 0 bridgehead atoms. The molecule has 0 saturated carbocycles. The molecule has 2 heterocycles. The van der Waals surface area contributed by atoms with Crippen LogP contribution in [0.4, 0.5) is 5.69 Å². The number of pyridine rings is 1. The summed E-state index contributed by atoms with van der Waals surface area (Å²) >= 11 is 0. The van der Waals surface area contributed by atoms with Gasteiger partial charge in [0.1, 0.15) is 0 Å². The molecule has 1 saturated heterocycles. The quantitative estimate of drug-likeness (QED) is 0.947. The SMILES string of the molecule is CC(=O)NC[C@H]1CCCN(c2c(C)c(C)nc3ccccc23)C1. The number of carbonyl (C=O) groups is 1. The molecule has 1 N–H and O–H groups in total. The third-order valence-corrected chi connectivity index (χ3v) is 4.82. The normalized spacial score (nSPS) is 18.2. The van der Waals surface area contributed by atoms with Crippen LogP contribution in [-0.2, 0) is 4.79 Å². The Labute approximate surface area is 137 Å². The monoisotopic (exact) mass is 311 g/mol. The predicted octanol–water partition coefficient (Wildman–Crippen LogP) is 3.20. The van der Waals surface area contributed by atoms with Crippen LogP contribution in [0.5, 0.6) is 0 Å². The molecule has 1 aliphatic heterocycles. The maximum Gasteiger partial charge on any atom is 0.216 e. The van der Waals surface area contributed by atoms with E-state index in [1.54, 1.807) is 6.92 Å². The fourth-order valence-corrected chi connectivity index (χ4v) is 3.54. The fraction of sp³-hybridized carbons (Fsp3) is 0.474. The number of rotatable bonds is 3. The molecule has 0 unspecified atom stereocenters. The van der Waals surface area contributed by atoms with Crippen LogP contribution in [0.1, 0.15) is 31.0 Å². The zero-order valence-corrected chi connectivity index (χ0v) is 14.2. The van der Waals surface area contributed by atoms with Crippen molar-refractivity contribution < 1.29 is 4.79 Å². The Morgan fingerprint density at radius 3 is 2.91 bits per heavy atom. The summed E-state index contributed by atoms with van der Waals surface area (Å²) in [6.07, 6.45) is 2.34. The molecule has 1 atom stereocenters. The number of hydrogen-bond acceptors (Lipinski definition) is 3. The molecule has 0 aliphatic carbocycles. The molecule has 23 heavy (non-hydrogen) atoms. The van der Waals surface area contributed by atoms with Gasteiger partial charge in [-0.05, 0) is 44.2 Å². The lowest BCUT2D eigenvalue weighted by molar-refractivity contribution is -0.119. The second-order valence-electron chi connectivity index (χ2n) is 6.58. The molecule has 2 aromatic rings. The van der Waals surface area contributed by atoms with Gasteiger partial charge in [0.25, 0.3) is 0 Å². The molecule has 0 spiro atoms. The highest BCUT2D eigenvalue weighted by molar-refractivity contribution is 5.93. The van der Waals surface area contributed by atoms with E-state index in [9.17, 15) is 4.79 Å². The Morgan fingerprint density at radius 1 is 1.35 bits per heavy atom. The Bertz CT molecular complexity index is 726. The highest BCUT2D eigenvalue weighted by Crippen LogP contribution is 2.33. The lowest BCUT2D eigenvalue weighted by atomic mass is 9.95. The van der Waals surface area contributed by atoms with Crippen molar-refractivity contribution in [1.82, 2.24) is 10.3 Å². The van der Waals surface area contributed by atoms with E-state index in [-0.39, 0.29) is 5.91 Å². The Balaban J connectivity index is 1.93. The van der Waals surface area contributed by atoms with Crippen LogP contribution in [0.15, 0.2) is 24.3 Å². The Kier molecular flexibility index (Phi) is 4.51. The summed E-state index contributed by atoms with van der Waals surface area (Å²) in [5.41, 5.74) is 4.75. The number of nitrogens with one attached hydrogen (secondary N) is 1. The van der Waals surface area contributed by atoms with E-state index >= 15 is 0 Å². The van der Waals surface area contributed by atoms with E-state index < -0.39 is 0 Å². The summed E-state index contributed by atoms with van der Waals surface area (Å²) < 4.78 is 0. The van der Waals surface area contributed by atoms with Crippen LogP contribution in [0.3, 0.4) is 0 Å². The Hall–Kier alpha value is -2.10. The molecule has 1 aromatic heterocycles. The molecular formula is C19H25N3O. The van der Waals surface area contributed by atoms with Crippen molar-refractivity contribution >= 4 is 22.5 Å². The first-order valence-corrected chi connectivity index (χ1v) is 8.41. The average Bonchev–Trinajstić information content (AvgIpc) is 2.54. The molecule has 4 nitrogen and oxygen atoms in total. The summed E-state index contributed by atoms with van der Waals surface area (Å²) in [4.78, 5) is 18.4. The van der Waals surface area contributed by atoms with Crippen molar-refractivity contribution in [3.63, 3.8) is 0 Å². The number of aromatic nitrogens is 1. The standard InChI is InChI=1S/C19H25N3O/c1-13-14(2)21-18-9-5-4-8-17(18)19(13)22-10-6-7-16(12-22)11-20-15(3)23/h4-5,8-9,16H,6-7,10-12H2,1-3H3,(H,20,23)/t16-/m1/s1. The van der Waals surface area contributed by atoms with Crippen LogP contribution >= 0.6 is 0 Å². The van der Waals surface area contributed by atoms with Gasteiger partial charge in [0.2, 0.25) is 5.91 Å². The fourth-order valence-electron chi connectivity index (χ4n) is 3.54. The summed E-state index contributed by atoms with van der Waals surface area (Å²) in [6.45, 7) is 8.68. The van der Waals surface area contributed by atoms with Gasteiger partial charge >= 0.3 is 0 Å². The number of benzene rings is 1. The number of hydrogen-bond donors (Lipinski definition) is 1.